The molecule has 1 aromatic carbocycles. The van der Waals surface area contributed by atoms with E-state index < -0.39 is 0 Å². The molecule has 2 aromatic rings. The molecule has 0 spiro atoms. The average molecular weight is 372 g/mol. The van der Waals surface area contributed by atoms with Crippen molar-refractivity contribution in [3.63, 3.8) is 0 Å². The second-order valence-electron chi connectivity index (χ2n) is 6.62. The van der Waals surface area contributed by atoms with Gasteiger partial charge in [-0.2, -0.15) is 0 Å². The van der Waals surface area contributed by atoms with E-state index in [2.05, 4.69) is 0 Å². The third-order valence-corrected chi connectivity index (χ3v) is 5.17. The molecule has 1 aliphatic heterocycles. The number of benzene rings is 1. The Labute approximate surface area is 158 Å². The molecule has 1 aromatic heterocycles. The molecule has 5 nitrogen and oxygen atoms in total. The molecule has 0 aliphatic carbocycles. The second-order valence-corrected chi connectivity index (χ2v) is 7.65. The van der Waals surface area contributed by atoms with Crippen LogP contribution in [0.5, 0.6) is 5.75 Å². The number of hydrogen-bond donors (Lipinski definition) is 0. The van der Waals surface area contributed by atoms with Crippen LogP contribution in [0.25, 0.3) is 0 Å². The quantitative estimate of drug-likeness (QED) is 0.810. The van der Waals surface area contributed by atoms with Crippen LogP contribution in [0.1, 0.15) is 29.1 Å². The van der Waals surface area contributed by atoms with Gasteiger partial charge in [-0.15, -0.1) is 11.3 Å². The van der Waals surface area contributed by atoms with Crippen molar-refractivity contribution in [2.24, 2.45) is 0 Å². The summed E-state index contributed by atoms with van der Waals surface area (Å²) in [4.78, 5) is 29.7. The van der Waals surface area contributed by atoms with Crippen molar-refractivity contribution in [3.05, 3.63) is 52.2 Å². The van der Waals surface area contributed by atoms with E-state index in [1.165, 1.54) is 0 Å². The number of ether oxygens (including phenoxy) is 1. The van der Waals surface area contributed by atoms with Crippen molar-refractivity contribution in [3.8, 4) is 5.75 Å². The number of hydrogen-bond acceptors (Lipinski definition) is 4. The van der Waals surface area contributed by atoms with Gasteiger partial charge in [0.1, 0.15) is 5.75 Å². The molecule has 26 heavy (non-hydrogen) atoms. The van der Waals surface area contributed by atoms with E-state index in [4.69, 9.17) is 4.74 Å². The van der Waals surface area contributed by atoms with Crippen LogP contribution in [0.2, 0.25) is 0 Å². The maximum Gasteiger partial charge on any atom is 0.253 e. The summed E-state index contributed by atoms with van der Waals surface area (Å²) in [6, 6.07) is 11.2. The van der Waals surface area contributed by atoms with E-state index in [1.54, 1.807) is 23.5 Å². The van der Waals surface area contributed by atoms with E-state index in [9.17, 15) is 9.59 Å². The molecule has 0 bridgehead atoms. The molecule has 0 radical (unpaired) electrons. The summed E-state index contributed by atoms with van der Waals surface area (Å²) in [7, 11) is 0. The lowest BCUT2D eigenvalue weighted by atomic mass is 10.1. The Balaban J connectivity index is 1.52. The summed E-state index contributed by atoms with van der Waals surface area (Å²) in [5, 5.41) is 1.98. The van der Waals surface area contributed by atoms with E-state index in [1.807, 2.05) is 53.3 Å². The fraction of sp³-hybridized carbons (Fsp3) is 0.400. The molecule has 2 heterocycles. The summed E-state index contributed by atoms with van der Waals surface area (Å²) in [6.45, 7) is 6.25. The third kappa shape index (κ3) is 4.64. The zero-order valence-electron chi connectivity index (χ0n) is 15.2. The second kappa shape index (κ2) is 8.36. The van der Waals surface area contributed by atoms with Crippen molar-refractivity contribution in [1.29, 1.82) is 0 Å². The fourth-order valence-electron chi connectivity index (χ4n) is 2.96. The van der Waals surface area contributed by atoms with Gasteiger partial charge in [-0.1, -0.05) is 6.07 Å². The Bertz CT molecular complexity index is 733. The summed E-state index contributed by atoms with van der Waals surface area (Å²) < 4.78 is 5.61. The average Bonchev–Trinajstić information content (AvgIpc) is 3.14. The van der Waals surface area contributed by atoms with Crippen molar-refractivity contribution >= 4 is 23.2 Å². The lowest BCUT2D eigenvalue weighted by Gasteiger charge is -2.34. The van der Waals surface area contributed by atoms with Crippen molar-refractivity contribution in [1.82, 2.24) is 9.80 Å². The van der Waals surface area contributed by atoms with Crippen molar-refractivity contribution in [2.75, 3.05) is 26.2 Å². The molecule has 1 saturated heterocycles. The molecule has 1 fully saturated rings. The predicted octanol–water partition coefficient (Wildman–Crippen LogP) is 3.06. The maximum atomic E-state index is 12.6. The Morgan fingerprint density at radius 2 is 1.69 bits per heavy atom. The van der Waals surface area contributed by atoms with E-state index in [0.29, 0.717) is 38.2 Å². The van der Waals surface area contributed by atoms with Gasteiger partial charge in [0.05, 0.1) is 12.5 Å². The molecule has 1 aliphatic rings. The van der Waals surface area contributed by atoms with Gasteiger partial charge in [0, 0.05) is 36.6 Å². The molecule has 6 heteroatoms. The minimum Gasteiger partial charge on any atom is -0.491 e. The summed E-state index contributed by atoms with van der Waals surface area (Å²) in [6.07, 6.45) is 0.555. The Hall–Kier alpha value is -2.34. The third-order valence-electron chi connectivity index (χ3n) is 4.30. The molecule has 0 saturated carbocycles. The van der Waals surface area contributed by atoms with Crippen LogP contribution >= 0.6 is 11.3 Å². The Morgan fingerprint density at radius 1 is 1.04 bits per heavy atom. The first kappa shape index (κ1) is 18.5. The molecular weight excluding hydrogens is 348 g/mol. The summed E-state index contributed by atoms with van der Waals surface area (Å²) in [5.41, 5.74) is 0.652. The van der Waals surface area contributed by atoms with Gasteiger partial charge >= 0.3 is 0 Å². The standard InChI is InChI=1S/C20H24N2O3S/c1-15(2)25-17-7-5-16(6-8-17)20(24)22-11-9-21(10-12-22)19(23)14-18-4-3-13-26-18/h3-8,13,15H,9-12,14H2,1-2H3. The fourth-order valence-corrected chi connectivity index (χ4v) is 3.66. The van der Waals surface area contributed by atoms with E-state index >= 15 is 0 Å². The van der Waals surface area contributed by atoms with Crippen LogP contribution in [-0.2, 0) is 11.2 Å². The van der Waals surface area contributed by atoms with Crippen LogP contribution < -0.4 is 4.74 Å². The van der Waals surface area contributed by atoms with E-state index in [0.717, 1.165) is 10.6 Å². The number of amides is 2. The minimum atomic E-state index is 0.00597. The number of nitrogens with zero attached hydrogens (tertiary/aromatic N) is 2. The Morgan fingerprint density at radius 3 is 2.27 bits per heavy atom. The van der Waals surface area contributed by atoms with Gasteiger partial charge in [0.25, 0.3) is 5.91 Å². The largest absolute Gasteiger partial charge is 0.491 e. The van der Waals surface area contributed by atoms with Crippen molar-refractivity contribution < 1.29 is 14.3 Å². The highest BCUT2D eigenvalue weighted by Gasteiger charge is 2.25. The smallest absolute Gasteiger partial charge is 0.253 e. The number of thiophene rings is 1. The molecule has 2 amide bonds. The first-order valence-electron chi connectivity index (χ1n) is 8.89. The number of piperazine rings is 1. The first-order valence-corrected chi connectivity index (χ1v) is 9.77. The van der Waals surface area contributed by atoms with Gasteiger partial charge < -0.3 is 14.5 Å². The van der Waals surface area contributed by atoms with Crippen LogP contribution in [0.4, 0.5) is 0 Å². The Kier molecular flexibility index (Phi) is 5.93. The van der Waals surface area contributed by atoms with Gasteiger partial charge in [-0.3, -0.25) is 9.59 Å². The van der Waals surface area contributed by atoms with Crippen LogP contribution in [0.15, 0.2) is 41.8 Å². The van der Waals surface area contributed by atoms with Crippen LogP contribution in [-0.4, -0.2) is 53.9 Å². The molecule has 0 atom stereocenters. The topological polar surface area (TPSA) is 49.9 Å². The highest BCUT2D eigenvalue weighted by atomic mass is 32.1. The van der Waals surface area contributed by atoms with Crippen molar-refractivity contribution in [2.45, 2.75) is 26.4 Å². The first-order chi connectivity index (χ1) is 12.5. The molecular formula is C20H24N2O3S. The summed E-state index contributed by atoms with van der Waals surface area (Å²) in [5.74, 6) is 0.904. The minimum absolute atomic E-state index is 0.00597. The lowest BCUT2D eigenvalue weighted by Crippen LogP contribution is -2.50. The SMILES string of the molecule is CC(C)Oc1ccc(C(=O)N2CCN(C(=O)Cc3cccs3)CC2)cc1. The normalized spacial score (nSPS) is 14.6. The predicted molar refractivity (Wildman–Crippen MR) is 103 cm³/mol. The highest BCUT2D eigenvalue weighted by Crippen LogP contribution is 2.17. The lowest BCUT2D eigenvalue weighted by molar-refractivity contribution is -0.131. The van der Waals surface area contributed by atoms with E-state index in [-0.39, 0.29) is 17.9 Å². The number of carbonyl (C=O) groups is 2. The zero-order valence-corrected chi connectivity index (χ0v) is 16.0. The maximum absolute atomic E-state index is 12.6. The summed E-state index contributed by atoms with van der Waals surface area (Å²) >= 11 is 1.60. The number of carbonyl (C=O) groups excluding carboxylic acids is 2. The highest BCUT2D eigenvalue weighted by molar-refractivity contribution is 7.10. The molecule has 0 unspecified atom stereocenters. The van der Waals surface area contributed by atoms with Gasteiger partial charge in [-0.25, -0.2) is 0 Å². The number of rotatable bonds is 5. The van der Waals surface area contributed by atoms with Gasteiger partial charge in [-0.05, 0) is 49.6 Å². The van der Waals surface area contributed by atoms with Gasteiger partial charge in [0.15, 0.2) is 0 Å². The van der Waals surface area contributed by atoms with Crippen LogP contribution in [0, 0.1) is 0 Å². The van der Waals surface area contributed by atoms with Gasteiger partial charge in [0.2, 0.25) is 5.91 Å². The van der Waals surface area contributed by atoms with Crippen LogP contribution in [0.3, 0.4) is 0 Å². The molecule has 138 valence electrons. The molecule has 3 rings (SSSR count). The molecule has 0 N–H and O–H groups in total. The monoisotopic (exact) mass is 372 g/mol. The zero-order chi connectivity index (χ0) is 18.5.